The summed E-state index contributed by atoms with van der Waals surface area (Å²) in [5.74, 6) is -0.456. The number of hydrogen-bond acceptors (Lipinski definition) is 6. The van der Waals surface area contributed by atoms with E-state index in [9.17, 15) is 19.1 Å². The number of carbonyl (C=O) groups is 2. The second kappa shape index (κ2) is 10.7. The van der Waals surface area contributed by atoms with Gasteiger partial charge in [-0.15, -0.1) is 11.6 Å². The number of rotatable bonds is 8. The number of amides is 2. The van der Waals surface area contributed by atoms with Gasteiger partial charge in [0.1, 0.15) is 19.4 Å². The average Bonchev–Trinajstić information content (AvgIpc) is 2.80. The van der Waals surface area contributed by atoms with E-state index in [4.69, 9.17) is 21.1 Å². The highest BCUT2D eigenvalue weighted by molar-refractivity contribution is 6.21. The van der Waals surface area contributed by atoms with Crippen LogP contribution in [0.15, 0.2) is 0 Å². The summed E-state index contributed by atoms with van der Waals surface area (Å²) >= 11 is 5.90. The van der Waals surface area contributed by atoms with Crippen molar-refractivity contribution in [1.82, 2.24) is 16.0 Å². The number of nitrogens with one attached hydrogen (secondary N) is 3. The number of halogens is 2. The highest BCUT2D eigenvalue weighted by Crippen LogP contribution is 2.47. The van der Waals surface area contributed by atoms with Crippen LogP contribution in [0.5, 0.6) is 0 Å². The van der Waals surface area contributed by atoms with E-state index in [2.05, 4.69) is 16.0 Å². The Hall–Kier alpha value is -1.00. The summed E-state index contributed by atoms with van der Waals surface area (Å²) in [6.07, 6.45) is 4.20. The maximum Gasteiger partial charge on any atom is 0.246 e. The number of alkyl halides is 2. The molecule has 5 atom stereocenters. The molecule has 188 valence electrons. The van der Waals surface area contributed by atoms with Crippen molar-refractivity contribution in [3.05, 3.63) is 0 Å². The molecule has 0 aromatic heterocycles. The van der Waals surface area contributed by atoms with Crippen LogP contribution in [0.25, 0.3) is 0 Å². The Bertz CT molecular complexity index is 700. The molecule has 5 fully saturated rings. The van der Waals surface area contributed by atoms with E-state index >= 15 is 0 Å². The van der Waals surface area contributed by atoms with Crippen molar-refractivity contribution >= 4 is 23.4 Å². The van der Waals surface area contributed by atoms with Gasteiger partial charge in [-0.25, -0.2) is 4.39 Å². The topological polar surface area (TPSA) is 109 Å². The molecule has 10 heteroatoms. The second-order valence-corrected chi connectivity index (χ2v) is 10.9. The van der Waals surface area contributed by atoms with E-state index < -0.39 is 28.7 Å². The number of piperidine rings is 1. The molecule has 4 N–H and O–H groups in total. The Balaban J connectivity index is 1.21. The molecule has 8 nitrogen and oxygen atoms in total. The predicted molar refractivity (Wildman–Crippen MR) is 121 cm³/mol. The zero-order chi connectivity index (χ0) is 23.5. The first-order valence-electron chi connectivity index (χ1n) is 12.3. The van der Waals surface area contributed by atoms with E-state index in [0.717, 1.165) is 25.9 Å². The van der Waals surface area contributed by atoms with Gasteiger partial charge in [-0.3, -0.25) is 9.59 Å². The van der Waals surface area contributed by atoms with E-state index in [-0.39, 0.29) is 43.7 Å². The smallest absolute Gasteiger partial charge is 0.246 e. The summed E-state index contributed by atoms with van der Waals surface area (Å²) in [5, 5.41) is 19.8. The van der Waals surface area contributed by atoms with E-state index in [0.29, 0.717) is 44.9 Å². The van der Waals surface area contributed by atoms with Gasteiger partial charge in [0.25, 0.3) is 0 Å². The van der Waals surface area contributed by atoms with Gasteiger partial charge in [-0.2, -0.15) is 0 Å². The van der Waals surface area contributed by atoms with Gasteiger partial charge in [-0.1, -0.05) is 0 Å². The van der Waals surface area contributed by atoms with Crippen molar-refractivity contribution in [1.29, 1.82) is 0 Å². The summed E-state index contributed by atoms with van der Waals surface area (Å²) < 4.78 is 25.1. The van der Waals surface area contributed by atoms with Gasteiger partial charge in [-0.05, 0) is 64.3 Å². The number of carbonyl (C=O) groups excluding carboxylic acids is 2. The fraction of sp³-hybridized carbons (Fsp3) is 0.913. The third kappa shape index (κ3) is 6.17. The minimum Gasteiger partial charge on any atom is -0.391 e. The highest BCUT2D eigenvalue weighted by Gasteiger charge is 2.55. The molecule has 0 aromatic carbocycles. The summed E-state index contributed by atoms with van der Waals surface area (Å²) in [7, 11) is 0. The number of aliphatic hydroxyl groups is 1. The van der Waals surface area contributed by atoms with Crippen LogP contribution in [0, 0.1) is 0 Å². The molecule has 4 unspecified atom stereocenters. The lowest BCUT2D eigenvalue weighted by atomic mass is 9.60. The standard InChI is InChI=1S/C23H37ClFN3O5/c24-17-4-3-15(10-18(17)25)32-14-21(31)28-23-7-5-22(6-8-23,11-19(23)29)27-20(30)13-33-16-2-1-9-26-12-16/h15-19,26,29H,1-14H2,(H,27,30)(H,28,31)/t15?,16?,17?,18?,19-,22?,23?/m0/s1. The van der Waals surface area contributed by atoms with E-state index in [1.807, 2.05) is 0 Å². The van der Waals surface area contributed by atoms with Crippen molar-refractivity contribution in [2.24, 2.45) is 0 Å². The molecular formula is C23H37ClFN3O5. The lowest BCUT2D eigenvalue weighted by Crippen LogP contribution is -2.70. The zero-order valence-electron chi connectivity index (χ0n) is 19.1. The SMILES string of the molecule is O=C(COC1CCCNC1)NC12CCC(NC(=O)COC3CCC(Cl)C(F)C3)(CC1)[C@@H](O)C2. The van der Waals surface area contributed by atoms with Crippen molar-refractivity contribution in [2.45, 2.75) is 105 Å². The Morgan fingerprint density at radius 3 is 2.36 bits per heavy atom. The minimum atomic E-state index is -1.11. The Morgan fingerprint density at radius 1 is 1.03 bits per heavy atom. The van der Waals surface area contributed by atoms with Crippen LogP contribution in [0.4, 0.5) is 4.39 Å². The van der Waals surface area contributed by atoms with Gasteiger partial charge in [0, 0.05) is 18.5 Å². The first kappa shape index (κ1) is 25.1. The first-order chi connectivity index (χ1) is 15.8. The van der Waals surface area contributed by atoms with Crippen LogP contribution in [0.2, 0.25) is 0 Å². The van der Waals surface area contributed by atoms with Crippen LogP contribution in [0.3, 0.4) is 0 Å². The molecule has 4 saturated carbocycles. The molecule has 5 aliphatic rings. The summed E-state index contributed by atoms with van der Waals surface area (Å²) in [5.41, 5.74) is -1.16. The third-order valence-electron chi connectivity index (χ3n) is 7.91. The van der Waals surface area contributed by atoms with Crippen LogP contribution in [-0.2, 0) is 19.1 Å². The average molecular weight is 490 g/mol. The minimum absolute atomic E-state index is 0.0226. The van der Waals surface area contributed by atoms with Gasteiger partial charge < -0.3 is 30.5 Å². The van der Waals surface area contributed by atoms with Crippen LogP contribution in [-0.4, -0.2) is 84.2 Å². The van der Waals surface area contributed by atoms with Crippen molar-refractivity contribution in [2.75, 3.05) is 26.3 Å². The molecule has 0 radical (unpaired) electrons. The zero-order valence-corrected chi connectivity index (χ0v) is 19.9. The summed E-state index contributed by atoms with van der Waals surface area (Å²) in [6, 6.07) is 0. The van der Waals surface area contributed by atoms with Crippen molar-refractivity contribution in [3.63, 3.8) is 0 Å². The van der Waals surface area contributed by atoms with Gasteiger partial charge in [0.2, 0.25) is 11.8 Å². The fourth-order valence-electron chi connectivity index (χ4n) is 5.85. The molecule has 2 amide bonds. The molecule has 1 aliphatic heterocycles. The summed E-state index contributed by atoms with van der Waals surface area (Å²) in [4.78, 5) is 25.1. The first-order valence-corrected chi connectivity index (χ1v) is 12.7. The van der Waals surface area contributed by atoms with E-state index in [1.165, 1.54) is 0 Å². The number of fused-ring (bicyclic) bond motifs is 3. The molecule has 2 bridgehead atoms. The largest absolute Gasteiger partial charge is 0.391 e. The van der Waals surface area contributed by atoms with Crippen molar-refractivity contribution in [3.8, 4) is 0 Å². The molecule has 1 saturated heterocycles. The Kier molecular flexibility index (Phi) is 8.16. The molecule has 0 aromatic rings. The molecule has 5 rings (SSSR count). The lowest BCUT2D eigenvalue weighted by molar-refractivity contribution is -0.142. The normalized spacial score (nSPS) is 40.9. The second-order valence-electron chi connectivity index (χ2n) is 10.3. The summed E-state index contributed by atoms with van der Waals surface area (Å²) in [6.45, 7) is 1.62. The van der Waals surface area contributed by atoms with E-state index in [1.54, 1.807) is 0 Å². The fourth-order valence-corrected chi connectivity index (χ4v) is 6.08. The lowest BCUT2D eigenvalue weighted by Gasteiger charge is -2.56. The van der Waals surface area contributed by atoms with Crippen molar-refractivity contribution < 1.29 is 28.6 Å². The Morgan fingerprint density at radius 2 is 1.73 bits per heavy atom. The monoisotopic (exact) mass is 489 g/mol. The molecule has 1 heterocycles. The number of ether oxygens (including phenoxy) is 2. The molecule has 0 spiro atoms. The van der Waals surface area contributed by atoms with Crippen LogP contribution >= 0.6 is 11.6 Å². The number of aliphatic hydroxyl groups excluding tert-OH is 1. The molecular weight excluding hydrogens is 453 g/mol. The van der Waals surface area contributed by atoms with Crippen LogP contribution < -0.4 is 16.0 Å². The van der Waals surface area contributed by atoms with Gasteiger partial charge in [0.05, 0.1) is 29.2 Å². The number of hydrogen-bond donors (Lipinski definition) is 4. The van der Waals surface area contributed by atoms with Gasteiger partial charge in [0.15, 0.2) is 0 Å². The van der Waals surface area contributed by atoms with Crippen LogP contribution in [0.1, 0.15) is 64.2 Å². The quantitative estimate of drug-likeness (QED) is 0.383. The molecule has 33 heavy (non-hydrogen) atoms. The maximum atomic E-state index is 13.8. The molecule has 4 aliphatic carbocycles. The van der Waals surface area contributed by atoms with Gasteiger partial charge >= 0.3 is 0 Å². The highest BCUT2D eigenvalue weighted by atomic mass is 35.5. The Labute approximate surface area is 199 Å². The maximum absolute atomic E-state index is 13.8. The predicted octanol–water partition coefficient (Wildman–Crippen LogP) is 1.32. The third-order valence-corrected chi connectivity index (χ3v) is 8.40.